The molecule has 1 amide bonds. The average Bonchev–Trinajstić information content (AvgIpc) is 2.86. The van der Waals surface area contributed by atoms with Gasteiger partial charge in [-0.05, 0) is 18.9 Å². The molecule has 0 spiro atoms. The number of hydrogen-bond acceptors (Lipinski definition) is 3. The van der Waals surface area contributed by atoms with Crippen LogP contribution >= 0.6 is 0 Å². The molecular weight excluding hydrogens is 206 g/mol. The van der Waals surface area contributed by atoms with E-state index in [0.29, 0.717) is 5.69 Å². The molecule has 2 unspecified atom stereocenters. The van der Waals surface area contributed by atoms with Crippen LogP contribution in [-0.2, 0) is 7.05 Å². The summed E-state index contributed by atoms with van der Waals surface area (Å²) in [5, 5.41) is 16.1. The summed E-state index contributed by atoms with van der Waals surface area (Å²) in [5.41, 5.74) is 0.559. The Hall–Kier alpha value is -1.36. The Morgan fingerprint density at radius 1 is 1.69 bits per heavy atom. The van der Waals surface area contributed by atoms with E-state index in [9.17, 15) is 4.79 Å². The lowest BCUT2D eigenvalue weighted by Crippen LogP contribution is -2.39. The maximum atomic E-state index is 11.9. The molecule has 0 radical (unpaired) electrons. The van der Waals surface area contributed by atoms with Crippen molar-refractivity contribution in [3.63, 3.8) is 0 Å². The third-order valence-corrected chi connectivity index (χ3v) is 3.26. The number of nitrogens with one attached hydrogen (secondary N) is 1. The van der Waals surface area contributed by atoms with Crippen LogP contribution < -0.4 is 5.32 Å². The van der Waals surface area contributed by atoms with E-state index in [1.807, 2.05) is 0 Å². The van der Waals surface area contributed by atoms with Crippen molar-refractivity contribution >= 4 is 5.91 Å². The summed E-state index contributed by atoms with van der Waals surface area (Å²) < 4.78 is 1.55. The molecule has 2 N–H and O–H groups in total. The fraction of sp³-hybridized carbons (Fsp3) is 0.636. The Balaban J connectivity index is 2.00. The normalized spacial score (nSPS) is 24.6. The van der Waals surface area contributed by atoms with Crippen LogP contribution in [-0.4, -0.2) is 33.4 Å². The first kappa shape index (κ1) is 11.1. The first-order valence-electron chi connectivity index (χ1n) is 5.62. The minimum absolute atomic E-state index is 0.104. The molecule has 88 valence electrons. The number of aliphatic hydroxyl groups excluding tert-OH is 1. The molecule has 2 atom stereocenters. The van der Waals surface area contributed by atoms with Gasteiger partial charge in [0.15, 0.2) is 0 Å². The molecule has 0 aliphatic heterocycles. The number of nitrogens with zero attached hydrogens (tertiary/aromatic N) is 2. The highest BCUT2D eigenvalue weighted by atomic mass is 16.3. The monoisotopic (exact) mass is 223 g/mol. The van der Waals surface area contributed by atoms with Crippen LogP contribution in [0.4, 0.5) is 0 Å². The summed E-state index contributed by atoms with van der Waals surface area (Å²) in [6.45, 7) is 0.149. The number of hydrogen-bond donors (Lipinski definition) is 2. The third kappa shape index (κ3) is 2.09. The molecule has 0 saturated heterocycles. The summed E-state index contributed by atoms with van der Waals surface area (Å²) in [7, 11) is 1.74. The van der Waals surface area contributed by atoms with Crippen molar-refractivity contribution in [2.24, 2.45) is 13.0 Å². The number of aliphatic hydroxyl groups is 1. The van der Waals surface area contributed by atoms with Crippen molar-refractivity contribution in [3.8, 4) is 0 Å². The summed E-state index contributed by atoms with van der Waals surface area (Å²) in [5.74, 6) is 0.0996. The molecule has 1 saturated carbocycles. The van der Waals surface area contributed by atoms with Gasteiger partial charge in [-0.2, -0.15) is 5.10 Å². The summed E-state index contributed by atoms with van der Waals surface area (Å²) in [4.78, 5) is 11.9. The molecule has 1 aromatic heterocycles. The highest BCUT2D eigenvalue weighted by molar-refractivity contribution is 5.92. The molecule has 1 aromatic rings. The summed E-state index contributed by atoms with van der Waals surface area (Å²) in [6, 6.07) is 1.80. The van der Waals surface area contributed by atoms with Gasteiger partial charge in [-0.25, -0.2) is 0 Å². The van der Waals surface area contributed by atoms with Crippen LogP contribution in [0, 0.1) is 5.92 Å². The second-order valence-electron chi connectivity index (χ2n) is 4.29. The van der Waals surface area contributed by atoms with Crippen molar-refractivity contribution in [3.05, 3.63) is 18.0 Å². The zero-order valence-corrected chi connectivity index (χ0v) is 9.39. The molecule has 2 rings (SSSR count). The van der Waals surface area contributed by atoms with Gasteiger partial charge in [-0.3, -0.25) is 9.48 Å². The van der Waals surface area contributed by atoms with Crippen LogP contribution in [0.1, 0.15) is 29.8 Å². The fourth-order valence-electron chi connectivity index (χ4n) is 2.28. The van der Waals surface area contributed by atoms with Crippen LogP contribution in [0.3, 0.4) is 0 Å². The average molecular weight is 223 g/mol. The number of carbonyl (C=O) groups is 1. The van der Waals surface area contributed by atoms with Gasteiger partial charge in [0, 0.05) is 31.8 Å². The summed E-state index contributed by atoms with van der Waals surface area (Å²) in [6.07, 6.45) is 4.62. The van der Waals surface area contributed by atoms with E-state index in [1.54, 1.807) is 24.0 Å². The molecule has 5 nitrogen and oxygen atoms in total. The Morgan fingerprint density at radius 3 is 3.12 bits per heavy atom. The fourth-order valence-corrected chi connectivity index (χ4v) is 2.28. The van der Waals surface area contributed by atoms with Gasteiger partial charge < -0.3 is 10.4 Å². The molecule has 0 bridgehead atoms. The molecule has 1 fully saturated rings. The minimum atomic E-state index is -0.106. The van der Waals surface area contributed by atoms with Crippen LogP contribution in [0.2, 0.25) is 0 Å². The Kier molecular flexibility index (Phi) is 3.24. The molecule has 1 heterocycles. The smallest absolute Gasteiger partial charge is 0.269 e. The molecule has 0 aromatic carbocycles. The minimum Gasteiger partial charge on any atom is -0.396 e. The Labute approximate surface area is 94.5 Å². The maximum Gasteiger partial charge on any atom is 0.269 e. The molecule has 1 aliphatic carbocycles. The summed E-state index contributed by atoms with van der Waals surface area (Å²) >= 11 is 0. The van der Waals surface area contributed by atoms with Gasteiger partial charge in [-0.15, -0.1) is 0 Å². The van der Waals surface area contributed by atoms with Gasteiger partial charge in [0.25, 0.3) is 5.91 Å². The first-order valence-corrected chi connectivity index (χ1v) is 5.62. The van der Waals surface area contributed by atoms with Crippen LogP contribution in [0.5, 0.6) is 0 Å². The lowest BCUT2D eigenvalue weighted by Gasteiger charge is -2.18. The van der Waals surface area contributed by atoms with E-state index < -0.39 is 0 Å². The number of rotatable bonds is 3. The van der Waals surface area contributed by atoms with Gasteiger partial charge in [0.1, 0.15) is 5.69 Å². The van der Waals surface area contributed by atoms with E-state index in [0.717, 1.165) is 19.3 Å². The highest BCUT2D eigenvalue weighted by Gasteiger charge is 2.28. The van der Waals surface area contributed by atoms with Crippen LogP contribution in [0.15, 0.2) is 12.3 Å². The topological polar surface area (TPSA) is 67.2 Å². The van der Waals surface area contributed by atoms with Crippen molar-refractivity contribution in [2.75, 3.05) is 6.61 Å². The van der Waals surface area contributed by atoms with Gasteiger partial charge >= 0.3 is 0 Å². The quantitative estimate of drug-likeness (QED) is 0.775. The van der Waals surface area contributed by atoms with Crippen molar-refractivity contribution < 1.29 is 9.90 Å². The standard InChI is InChI=1S/C11H17N3O2/c1-14-10(5-6-12-14)11(16)13-9-4-2-3-8(9)7-15/h5-6,8-9,15H,2-4,7H2,1H3,(H,13,16). The molecular formula is C11H17N3O2. The lowest BCUT2D eigenvalue weighted by molar-refractivity contribution is 0.0906. The predicted molar refractivity (Wildman–Crippen MR) is 58.9 cm³/mol. The van der Waals surface area contributed by atoms with E-state index in [1.165, 1.54) is 0 Å². The first-order chi connectivity index (χ1) is 7.72. The molecule has 16 heavy (non-hydrogen) atoms. The number of aromatic nitrogens is 2. The Bertz CT molecular complexity index is 375. The second kappa shape index (κ2) is 4.65. The maximum absolute atomic E-state index is 11.9. The van der Waals surface area contributed by atoms with Crippen LogP contribution in [0.25, 0.3) is 0 Å². The predicted octanol–water partition coefficient (Wildman–Crippen LogP) is 0.311. The zero-order chi connectivity index (χ0) is 11.5. The molecule has 5 heteroatoms. The van der Waals surface area contributed by atoms with E-state index >= 15 is 0 Å². The van der Waals surface area contributed by atoms with E-state index in [-0.39, 0.29) is 24.5 Å². The van der Waals surface area contributed by atoms with Gasteiger partial charge in [0.05, 0.1) is 0 Å². The number of aryl methyl sites for hydroxylation is 1. The highest BCUT2D eigenvalue weighted by Crippen LogP contribution is 2.25. The second-order valence-corrected chi connectivity index (χ2v) is 4.29. The SMILES string of the molecule is Cn1nccc1C(=O)NC1CCCC1CO. The van der Waals surface area contributed by atoms with Gasteiger partial charge in [-0.1, -0.05) is 6.42 Å². The Morgan fingerprint density at radius 2 is 2.50 bits per heavy atom. The third-order valence-electron chi connectivity index (χ3n) is 3.26. The largest absolute Gasteiger partial charge is 0.396 e. The number of carbonyl (C=O) groups excluding carboxylic acids is 1. The lowest BCUT2D eigenvalue weighted by atomic mass is 10.1. The van der Waals surface area contributed by atoms with E-state index in [4.69, 9.17) is 5.11 Å². The van der Waals surface area contributed by atoms with Gasteiger partial charge in [0.2, 0.25) is 0 Å². The zero-order valence-electron chi connectivity index (χ0n) is 9.39. The van der Waals surface area contributed by atoms with Crippen molar-refractivity contribution in [2.45, 2.75) is 25.3 Å². The number of amides is 1. The molecule has 1 aliphatic rings. The van der Waals surface area contributed by atoms with E-state index in [2.05, 4.69) is 10.4 Å². The van der Waals surface area contributed by atoms with Crippen molar-refractivity contribution in [1.29, 1.82) is 0 Å². The van der Waals surface area contributed by atoms with Crippen molar-refractivity contribution in [1.82, 2.24) is 15.1 Å².